The molecule has 108 valence electrons. The highest BCUT2D eigenvalue weighted by atomic mass is 35.5. The minimum absolute atomic E-state index is 0.505. The van der Waals surface area contributed by atoms with E-state index >= 15 is 0 Å². The second kappa shape index (κ2) is 6.45. The Balaban J connectivity index is 0.000000131. The van der Waals surface area contributed by atoms with E-state index in [9.17, 15) is 0 Å². The maximum Gasteiger partial charge on any atom is 0.129 e. The van der Waals surface area contributed by atoms with Crippen LogP contribution in [0, 0.1) is 6.92 Å². The summed E-state index contributed by atoms with van der Waals surface area (Å²) in [7, 11) is 0. The first-order valence-corrected chi connectivity index (χ1v) is 7.14. The van der Waals surface area contributed by atoms with Crippen LogP contribution in [0.15, 0.2) is 61.2 Å². The first-order valence-electron chi connectivity index (χ1n) is 6.76. The molecule has 0 aliphatic rings. The molecule has 4 aromatic heterocycles. The van der Waals surface area contributed by atoms with E-state index < -0.39 is 0 Å². The van der Waals surface area contributed by atoms with Crippen LogP contribution < -0.4 is 0 Å². The van der Waals surface area contributed by atoms with E-state index in [1.807, 2.05) is 37.3 Å². The number of hydrogen-bond acceptors (Lipinski definition) is 4. The van der Waals surface area contributed by atoms with Crippen molar-refractivity contribution in [1.29, 1.82) is 0 Å². The summed E-state index contributed by atoms with van der Waals surface area (Å²) in [5, 5.41) is 2.68. The van der Waals surface area contributed by atoms with Crippen LogP contribution in [0.5, 0.6) is 0 Å². The van der Waals surface area contributed by atoms with Gasteiger partial charge >= 0.3 is 0 Å². The van der Waals surface area contributed by atoms with Crippen molar-refractivity contribution in [2.75, 3.05) is 0 Å². The number of pyridine rings is 4. The Labute approximate surface area is 132 Å². The lowest BCUT2D eigenvalue weighted by Gasteiger charge is -1.95. The molecular weight excluding hydrogens is 296 g/mol. The van der Waals surface area contributed by atoms with Crippen molar-refractivity contribution < 1.29 is 0 Å². The van der Waals surface area contributed by atoms with Crippen molar-refractivity contribution in [3.63, 3.8) is 0 Å². The third-order valence-corrected chi connectivity index (χ3v) is 3.29. The Kier molecular flexibility index (Phi) is 4.21. The normalized spacial score (nSPS) is 10.3. The molecule has 0 fully saturated rings. The summed E-state index contributed by atoms with van der Waals surface area (Å²) in [5.41, 5.74) is 2.86. The summed E-state index contributed by atoms with van der Waals surface area (Å²) in [4.78, 5) is 16.3. The molecule has 5 heteroatoms. The summed E-state index contributed by atoms with van der Waals surface area (Å²) in [5.74, 6) is 0. The Morgan fingerprint density at radius 3 is 2.05 bits per heavy atom. The van der Waals surface area contributed by atoms with Crippen LogP contribution >= 0.6 is 11.6 Å². The molecular formula is C17H13ClN4. The SMILES string of the molecule is Cc1cc2cccnc2cn1.Clc1cc2cccnc2cn1. The predicted molar refractivity (Wildman–Crippen MR) is 88.8 cm³/mol. The molecule has 0 amide bonds. The molecule has 4 nitrogen and oxygen atoms in total. The molecule has 0 aliphatic carbocycles. The Morgan fingerprint density at radius 1 is 0.773 bits per heavy atom. The molecule has 22 heavy (non-hydrogen) atoms. The van der Waals surface area contributed by atoms with Gasteiger partial charge in [-0.05, 0) is 31.2 Å². The molecule has 0 radical (unpaired) electrons. The van der Waals surface area contributed by atoms with Crippen LogP contribution in [0.1, 0.15) is 5.69 Å². The maximum absolute atomic E-state index is 5.68. The fourth-order valence-electron chi connectivity index (χ4n) is 2.03. The zero-order valence-corrected chi connectivity index (χ0v) is 12.7. The van der Waals surface area contributed by atoms with Crippen LogP contribution in [0.3, 0.4) is 0 Å². The highest BCUT2D eigenvalue weighted by molar-refractivity contribution is 6.30. The van der Waals surface area contributed by atoms with E-state index in [-0.39, 0.29) is 0 Å². The average Bonchev–Trinajstić information content (AvgIpc) is 2.55. The van der Waals surface area contributed by atoms with Gasteiger partial charge in [0.25, 0.3) is 0 Å². The number of rotatable bonds is 0. The number of fused-ring (bicyclic) bond motifs is 2. The molecule has 4 heterocycles. The molecule has 0 unspecified atom stereocenters. The number of aryl methyl sites for hydroxylation is 1. The Morgan fingerprint density at radius 2 is 1.36 bits per heavy atom. The van der Waals surface area contributed by atoms with E-state index in [2.05, 4.69) is 19.9 Å². The number of hydrogen-bond donors (Lipinski definition) is 0. The summed E-state index contributed by atoms with van der Waals surface area (Å²) in [6, 6.07) is 11.6. The molecule has 0 N–H and O–H groups in total. The third kappa shape index (κ3) is 3.35. The molecule has 0 saturated carbocycles. The third-order valence-electron chi connectivity index (χ3n) is 3.08. The first-order chi connectivity index (χ1) is 10.7. The topological polar surface area (TPSA) is 51.6 Å². The largest absolute Gasteiger partial charge is 0.259 e. The Hall–Kier alpha value is -2.59. The summed E-state index contributed by atoms with van der Waals surface area (Å²) in [6.45, 7) is 1.98. The fraction of sp³-hybridized carbons (Fsp3) is 0.0588. The van der Waals surface area contributed by atoms with Crippen molar-refractivity contribution in [3.05, 3.63) is 72.0 Å². The number of halogens is 1. The van der Waals surface area contributed by atoms with Gasteiger partial charge in [-0.3, -0.25) is 15.0 Å². The molecule has 4 rings (SSSR count). The molecule has 4 aromatic rings. The van der Waals surface area contributed by atoms with Crippen LogP contribution in [-0.4, -0.2) is 19.9 Å². The van der Waals surface area contributed by atoms with Gasteiger partial charge in [0.15, 0.2) is 0 Å². The van der Waals surface area contributed by atoms with E-state index in [4.69, 9.17) is 11.6 Å². The maximum atomic E-state index is 5.68. The standard InChI is InChI=1S/C9H8N2.C8H5ClN2/c1-7-5-8-3-2-4-10-9(8)6-11-7;9-8-4-6-2-1-3-10-7(6)5-11-8/h2-6H,1H3;1-5H. The molecule has 0 aromatic carbocycles. The van der Waals surface area contributed by atoms with Crippen LogP contribution in [-0.2, 0) is 0 Å². The lowest BCUT2D eigenvalue weighted by molar-refractivity contribution is 1.21. The van der Waals surface area contributed by atoms with Crippen LogP contribution in [0.4, 0.5) is 0 Å². The quantitative estimate of drug-likeness (QED) is 0.456. The van der Waals surface area contributed by atoms with Crippen molar-refractivity contribution in [1.82, 2.24) is 19.9 Å². The van der Waals surface area contributed by atoms with Gasteiger partial charge in [-0.1, -0.05) is 23.7 Å². The highest BCUT2D eigenvalue weighted by Gasteiger charge is 1.93. The smallest absolute Gasteiger partial charge is 0.129 e. The fourth-order valence-corrected chi connectivity index (χ4v) is 2.20. The van der Waals surface area contributed by atoms with Crippen molar-refractivity contribution in [3.8, 4) is 0 Å². The zero-order valence-electron chi connectivity index (χ0n) is 11.9. The van der Waals surface area contributed by atoms with Gasteiger partial charge in [0.2, 0.25) is 0 Å². The highest BCUT2D eigenvalue weighted by Crippen LogP contribution is 2.13. The lowest BCUT2D eigenvalue weighted by atomic mass is 10.2. The van der Waals surface area contributed by atoms with Crippen LogP contribution in [0.25, 0.3) is 21.8 Å². The van der Waals surface area contributed by atoms with Crippen molar-refractivity contribution >= 4 is 33.4 Å². The van der Waals surface area contributed by atoms with E-state index in [1.165, 1.54) is 0 Å². The van der Waals surface area contributed by atoms with Gasteiger partial charge in [-0.25, -0.2) is 4.98 Å². The van der Waals surface area contributed by atoms with Gasteiger partial charge in [0.1, 0.15) is 5.15 Å². The number of nitrogens with zero attached hydrogens (tertiary/aromatic N) is 4. The lowest BCUT2D eigenvalue weighted by Crippen LogP contribution is -1.82. The van der Waals surface area contributed by atoms with Crippen molar-refractivity contribution in [2.45, 2.75) is 6.92 Å². The first kappa shape index (κ1) is 14.4. The number of aromatic nitrogens is 4. The van der Waals surface area contributed by atoms with Crippen molar-refractivity contribution in [2.24, 2.45) is 0 Å². The van der Waals surface area contributed by atoms with Gasteiger partial charge in [-0.2, -0.15) is 0 Å². The van der Waals surface area contributed by atoms with E-state index in [0.29, 0.717) is 5.15 Å². The van der Waals surface area contributed by atoms with Gasteiger partial charge in [-0.15, -0.1) is 0 Å². The second-order valence-corrected chi connectivity index (χ2v) is 5.11. The van der Waals surface area contributed by atoms with Gasteiger partial charge in [0, 0.05) is 28.9 Å². The summed E-state index contributed by atoms with van der Waals surface area (Å²) < 4.78 is 0. The molecule has 0 atom stereocenters. The second-order valence-electron chi connectivity index (χ2n) is 4.72. The van der Waals surface area contributed by atoms with Gasteiger partial charge < -0.3 is 0 Å². The molecule has 0 bridgehead atoms. The monoisotopic (exact) mass is 308 g/mol. The summed E-state index contributed by atoms with van der Waals surface area (Å²) >= 11 is 5.68. The zero-order chi connectivity index (χ0) is 15.4. The average molecular weight is 309 g/mol. The minimum atomic E-state index is 0.505. The predicted octanol–water partition coefficient (Wildman–Crippen LogP) is 4.22. The van der Waals surface area contributed by atoms with Gasteiger partial charge in [0.05, 0.1) is 23.4 Å². The summed E-state index contributed by atoms with van der Waals surface area (Å²) in [6.07, 6.45) is 6.97. The minimum Gasteiger partial charge on any atom is -0.259 e. The van der Waals surface area contributed by atoms with E-state index in [0.717, 1.165) is 27.5 Å². The van der Waals surface area contributed by atoms with E-state index in [1.54, 1.807) is 30.9 Å². The molecule has 0 spiro atoms. The molecule has 0 saturated heterocycles. The molecule has 0 aliphatic heterocycles. The van der Waals surface area contributed by atoms with Crippen LogP contribution in [0.2, 0.25) is 5.15 Å². The Bertz CT molecular complexity index is 847.